The van der Waals surface area contributed by atoms with Gasteiger partial charge in [0.15, 0.2) is 0 Å². The average molecular weight is 351 g/mol. The van der Waals surface area contributed by atoms with Gasteiger partial charge in [-0.15, -0.1) is 11.3 Å². The number of aryl methyl sites for hydroxylation is 1. The van der Waals surface area contributed by atoms with Crippen molar-refractivity contribution in [2.75, 3.05) is 0 Å². The molecular formula is C12H10BrCl2NS. The second-order valence-electron chi connectivity index (χ2n) is 3.78. The van der Waals surface area contributed by atoms with Crippen LogP contribution in [-0.2, 0) is 0 Å². The summed E-state index contributed by atoms with van der Waals surface area (Å²) in [6.45, 7) is 2.03. The van der Waals surface area contributed by atoms with E-state index in [4.69, 9.17) is 28.9 Å². The summed E-state index contributed by atoms with van der Waals surface area (Å²) < 4.78 is 2.29. The fourth-order valence-corrected chi connectivity index (χ4v) is 3.68. The molecule has 0 aliphatic heterocycles. The Labute approximate surface area is 123 Å². The van der Waals surface area contributed by atoms with Gasteiger partial charge < -0.3 is 5.73 Å². The summed E-state index contributed by atoms with van der Waals surface area (Å²) in [6.07, 6.45) is 0. The van der Waals surface area contributed by atoms with Crippen molar-refractivity contribution in [2.45, 2.75) is 13.0 Å². The predicted molar refractivity (Wildman–Crippen MR) is 79.2 cm³/mol. The molecule has 0 saturated heterocycles. The van der Waals surface area contributed by atoms with Crippen molar-refractivity contribution in [3.63, 3.8) is 0 Å². The van der Waals surface area contributed by atoms with Crippen LogP contribution in [0.15, 0.2) is 28.7 Å². The van der Waals surface area contributed by atoms with Gasteiger partial charge in [-0.05, 0) is 24.6 Å². The monoisotopic (exact) mass is 349 g/mol. The van der Waals surface area contributed by atoms with Gasteiger partial charge in [0, 0.05) is 10.0 Å². The Kier molecular flexibility index (Phi) is 4.16. The van der Waals surface area contributed by atoms with Gasteiger partial charge in [-0.25, -0.2) is 0 Å². The molecule has 0 amide bonds. The van der Waals surface area contributed by atoms with Crippen molar-refractivity contribution in [3.8, 4) is 0 Å². The van der Waals surface area contributed by atoms with Crippen molar-refractivity contribution in [1.82, 2.24) is 0 Å². The molecule has 1 heterocycles. The number of hydrogen-bond acceptors (Lipinski definition) is 2. The highest BCUT2D eigenvalue weighted by atomic mass is 79.9. The van der Waals surface area contributed by atoms with Crippen LogP contribution in [0.1, 0.15) is 22.7 Å². The van der Waals surface area contributed by atoms with Crippen LogP contribution in [0.4, 0.5) is 0 Å². The van der Waals surface area contributed by atoms with Crippen LogP contribution in [0.3, 0.4) is 0 Å². The molecule has 5 heteroatoms. The number of hydrogen-bond donors (Lipinski definition) is 1. The molecule has 1 atom stereocenters. The molecule has 0 saturated carbocycles. The molecular weight excluding hydrogens is 341 g/mol. The Balaban J connectivity index is 2.46. The van der Waals surface area contributed by atoms with E-state index >= 15 is 0 Å². The van der Waals surface area contributed by atoms with E-state index in [1.165, 1.54) is 11.3 Å². The summed E-state index contributed by atoms with van der Waals surface area (Å²) in [6, 6.07) is 7.64. The summed E-state index contributed by atoms with van der Waals surface area (Å²) in [7, 11) is 0. The first-order valence-corrected chi connectivity index (χ1v) is 7.32. The topological polar surface area (TPSA) is 26.0 Å². The molecule has 0 aliphatic rings. The second-order valence-corrected chi connectivity index (χ2v) is 6.92. The lowest BCUT2D eigenvalue weighted by Crippen LogP contribution is -2.12. The Hall–Kier alpha value is -0.0600. The molecule has 2 aromatic rings. The summed E-state index contributed by atoms with van der Waals surface area (Å²) >= 11 is 16.9. The molecule has 1 aromatic heterocycles. The van der Waals surface area contributed by atoms with E-state index in [1.807, 2.05) is 25.1 Å². The molecule has 90 valence electrons. The number of nitrogens with two attached hydrogens (primary N) is 1. The van der Waals surface area contributed by atoms with Gasteiger partial charge in [0.05, 0.1) is 14.7 Å². The Morgan fingerprint density at radius 3 is 2.53 bits per heavy atom. The molecule has 17 heavy (non-hydrogen) atoms. The minimum atomic E-state index is -0.263. The van der Waals surface area contributed by atoms with Gasteiger partial charge in [0.2, 0.25) is 0 Å². The molecule has 0 aliphatic carbocycles. The van der Waals surface area contributed by atoms with Crippen LogP contribution in [-0.4, -0.2) is 0 Å². The van der Waals surface area contributed by atoms with Crippen LogP contribution in [0, 0.1) is 6.92 Å². The zero-order chi connectivity index (χ0) is 12.6. The Morgan fingerprint density at radius 1 is 1.24 bits per heavy atom. The van der Waals surface area contributed by atoms with Crippen molar-refractivity contribution in [2.24, 2.45) is 5.73 Å². The minimum absolute atomic E-state index is 0.263. The quantitative estimate of drug-likeness (QED) is 0.793. The Bertz CT molecular complexity index is 553. The molecule has 2 rings (SSSR count). The van der Waals surface area contributed by atoms with E-state index in [1.54, 1.807) is 0 Å². The number of benzene rings is 1. The van der Waals surface area contributed by atoms with Crippen molar-refractivity contribution >= 4 is 50.5 Å². The maximum Gasteiger partial charge on any atom is 0.0995 e. The van der Waals surface area contributed by atoms with Gasteiger partial charge in [-0.3, -0.25) is 0 Å². The van der Waals surface area contributed by atoms with Gasteiger partial charge in [0.1, 0.15) is 0 Å². The van der Waals surface area contributed by atoms with E-state index in [2.05, 4.69) is 22.0 Å². The third kappa shape index (κ3) is 2.85. The summed E-state index contributed by atoms with van der Waals surface area (Å²) in [4.78, 5) is 0. The molecule has 0 spiro atoms. The first-order chi connectivity index (χ1) is 7.99. The first kappa shape index (κ1) is 13.4. The highest BCUT2D eigenvalue weighted by Gasteiger charge is 2.17. The zero-order valence-electron chi connectivity index (χ0n) is 9.01. The van der Waals surface area contributed by atoms with E-state index in [9.17, 15) is 0 Å². The molecule has 0 radical (unpaired) electrons. The van der Waals surface area contributed by atoms with Gasteiger partial charge >= 0.3 is 0 Å². The average Bonchev–Trinajstić information content (AvgIpc) is 2.60. The highest BCUT2D eigenvalue weighted by Crippen LogP contribution is 2.38. The van der Waals surface area contributed by atoms with Crippen LogP contribution < -0.4 is 5.73 Å². The standard InChI is InChI=1S/C12H10BrCl2NS/c1-6-2-3-9(13)7(4-6)11(16)8-5-10(14)17-12(8)15/h2-5,11H,16H2,1H3. The summed E-state index contributed by atoms with van der Waals surface area (Å²) in [5, 5.41) is 0. The van der Waals surface area contributed by atoms with Crippen LogP contribution in [0.2, 0.25) is 8.67 Å². The maximum atomic E-state index is 6.23. The third-order valence-electron chi connectivity index (χ3n) is 2.50. The normalized spacial score (nSPS) is 12.8. The summed E-state index contributed by atoms with van der Waals surface area (Å²) in [5.74, 6) is 0. The lowest BCUT2D eigenvalue weighted by atomic mass is 10.0. The lowest BCUT2D eigenvalue weighted by molar-refractivity contribution is 0.869. The molecule has 0 bridgehead atoms. The first-order valence-electron chi connectivity index (χ1n) is 4.95. The van der Waals surface area contributed by atoms with Gasteiger partial charge in [-0.1, -0.05) is 56.8 Å². The third-order valence-corrected chi connectivity index (χ3v) is 4.74. The van der Waals surface area contributed by atoms with Crippen molar-refractivity contribution in [1.29, 1.82) is 0 Å². The molecule has 1 unspecified atom stereocenters. The van der Waals surface area contributed by atoms with Crippen LogP contribution >= 0.6 is 50.5 Å². The van der Waals surface area contributed by atoms with Crippen molar-refractivity contribution < 1.29 is 0 Å². The maximum absolute atomic E-state index is 6.23. The molecule has 1 aromatic carbocycles. The van der Waals surface area contributed by atoms with E-state index in [0.717, 1.165) is 21.2 Å². The SMILES string of the molecule is Cc1ccc(Br)c(C(N)c2cc(Cl)sc2Cl)c1. The smallest absolute Gasteiger partial charge is 0.0995 e. The summed E-state index contributed by atoms with van der Waals surface area (Å²) in [5.41, 5.74) is 9.28. The zero-order valence-corrected chi connectivity index (χ0v) is 12.9. The molecule has 0 fully saturated rings. The predicted octanol–water partition coefficient (Wildman–Crippen LogP) is 5.17. The largest absolute Gasteiger partial charge is 0.320 e. The number of thiophene rings is 1. The Morgan fingerprint density at radius 2 is 1.94 bits per heavy atom. The fourth-order valence-electron chi connectivity index (χ4n) is 1.63. The van der Waals surface area contributed by atoms with Crippen LogP contribution in [0.25, 0.3) is 0 Å². The minimum Gasteiger partial charge on any atom is -0.320 e. The fraction of sp³-hybridized carbons (Fsp3) is 0.167. The van der Waals surface area contributed by atoms with E-state index in [0.29, 0.717) is 8.67 Å². The lowest BCUT2D eigenvalue weighted by Gasteiger charge is -2.14. The van der Waals surface area contributed by atoms with E-state index in [-0.39, 0.29) is 6.04 Å². The number of halogens is 3. The number of rotatable bonds is 2. The molecule has 2 N–H and O–H groups in total. The highest BCUT2D eigenvalue weighted by molar-refractivity contribution is 9.10. The van der Waals surface area contributed by atoms with E-state index < -0.39 is 0 Å². The van der Waals surface area contributed by atoms with Crippen LogP contribution in [0.5, 0.6) is 0 Å². The van der Waals surface area contributed by atoms with Gasteiger partial charge in [-0.2, -0.15) is 0 Å². The van der Waals surface area contributed by atoms with Gasteiger partial charge in [0.25, 0.3) is 0 Å². The van der Waals surface area contributed by atoms with Crippen molar-refractivity contribution in [3.05, 3.63) is 54.1 Å². The second kappa shape index (κ2) is 5.29. The molecule has 1 nitrogen and oxygen atoms in total.